The van der Waals surface area contributed by atoms with Gasteiger partial charge in [-0.2, -0.15) is 0 Å². The number of ether oxygens (including phenoxy) is 3. The lowest BCUT2D eigenvalue weighted by Gasteiger charge is -2.15. The number of halogens is 1. The van der Waals surface area contributed by atoms with Gasteiger partial charge in [-0.15, -0.1) is 0 Å². The van der Waals surface area contributed by atoms with Crippen molar-refractivity contribution >= 4 is 33.4 Å². The van der Waals surface area contributed by atoms with Crippen molar-refractivity contribution in [3.63, 3.8) is 0 Å². The molecule has 4 aromatic carbocycles. The van der Waals surface area contributed by atoms with E-state index < -0.39 is 0 Å². The summed E-state index contributed by atoms with van der Waals surface area (Å²) in [5.41, 5.74) is 3.26. The lowest BCUT2D eigenvalue weighted by molar-refractivity contribution is 0.173. The molecule has 5 rings (SSSR count). The van der Waals surface area contributed by atoms with Crippen molar-refractivity contribution in [3.05, 3.63) is 88.0 Å². The summed E-state index contributed by atoms with van der Waals surface area (Å²) in [7, 11) is 0. The lowest BCUT2D eigenvalue weighted by Crippen LogP contribution is -1.98. The van der Waals surface area contributed by atoms with E-state index in [0.29, 0.717) is 6.61 Å². The molecule has 1 aliphatic rings. The fourth-order valence-electron chi connectivity index (χ4n) is 3.43. The molecule has 0 fully saturated rings. The summed E-state index contributed by atoms with van der Waals surface area (Å²) < 4.78 is 18.6. The minimum absolute atomic E-state index is 0.242. The Morgan fingerprint density at radius 1 is 0.786 bits per heavy atom. The number of hydrogen-bond donors (Lipinski definition) is 0. The molecule has 0 radical (unpaired) electrons. The molecule has 0 atom stereocenters. The van der Waals surface area contributed by atoms with Crippen molar-refractivity contribution in [1.29, 1.82) is 0 Å². The summed E-state index contributed by atoms with van der Waals surface area (Å²) in [5, 5.41) is 2.45. The summed E-state index contributed by atoms with van der Waals surface area (Å²) in [4.78, 5) is 0. The minimum Gasteiger partial charge on any atom is -0.488 e. The Kier molecular flexibility index (Phi) is 4.56. The van der Waals surface area contributed by atoms with Crippen LogP contribution < -0.4 is 14.2 Å². The Morgan fingerprint density at radius 2 is 1.54 bits per heavy atom. The Balaban J connectivity index is 1.61. The van der Waals surface area contributed by atoms with E-state index in [1.54, 1.807) is 0 Å². The molecule has 4 heteroatoms. The largest absolute Gasteiger partial charge is 0.488 e. The minimum atomic E-state index is 0.242. The normalized spacial score (nSPS) is 12.3. The van der Waals surface area contributed by atoms with E-state index in [9.17, 15) is 0 Å². The van der Waals surface area contributed by atoms with E-state index in [0.717, 1.165) is 33.9 Å². The molecule has 0 saturated heterocycles. The third-order valence-electron chi connectivity index (χ3n) is 4.87. The Bertz CT molecular complexity index is 1160. The number of rotatable bonds is 4. The molecule has 0 bridgehead atoms. The average molecular weight is 480 g/mol. The van der Waals surface area contributed by atoms with Crippen LogP contribution in [0.1, 0.15) is 5.56 Å². The summed E-state index contributed by atoms with van der Waals surface area (Å²) in [5.74, 6) is 2.27. The predicted molar refractivity (Wildman–Crippen MR) is 119 cm³/mol. The molecule has 0 amide bonds. The highest BCUT2D eigenvalue weighted by molar-refractivity contribution is 14.1. The van der Waals surface area contributed by atoms with Crippen molar-refractivity contribution < 1.29 is 14.2 Å². The molecule has 28 heavy (non-hydrogen) atoms. The standard InChI is InChI=1S/C24H17IO3/c25-24-18-9-5-4-8-17(18)10-11-19(24)20-12-22-23(28-15-27-22)13-21(20)26-14-16-6-2-1-3-7-16/h1-13H,14-15H2. The van der Waals surface area contributed by atoms with Crippen LogP contribution in [-0.2, 0) is 6.61 Å². The summed E-state index contributed by atoms with van der Waals surface area (Å²) in [6.07, 6.45) is 0. The van der Waals surface area contributed by atoms with Crippen molar-refractivity contribution in [3.8, 4) is 28.4 Å². The van der Waals surface area contributed by atoms with Crippen molar-refractivity contribution in [2.45, 2.75) is 6.61 Å². The van der Waals surface area contributed by atoms with Crippen LogP contribution >= 0.6 is 22.6 Å². The molecule has 0 aromatic heterocycles. The zero-order valence-corrected chi connectivity index (χ0v) is 17.2. The van der Waals surface area contributed by atoms with Gasteiger partial charge in [-0.05, 0) is 50.6 Å². The van der Waals surface area contributed by atoms with Crippen LogP contribution in [0.25, 0.3) is 21.9 Å². The van der Waals surface area contributed by atoms with Gasteiger partial charge in [0.1, 0.15) is 12.4 Å². The van der Waals surface area contributed by atoms with Crippen molar-refractivity contribution in [2.75, 3.05) is 6.79 Å². The molecule has 0 spiro atoms. The van der Waals surface area contributed by atoms with Gasteiger partial charge < -0.3 is 14.2 Å². The Morgan fingerprint density at radius 3 is 2.39 bits per heavy atom. The highest BCUT2D eigenvalue weighted by Gasteiger charge is 2.21. The van der Waals surface area contributed by atoms with Crippen LogP contribution in [0.15, 0.2) is 78.9 Å². The molecule has 4 aromatic rings. The van der Waals surface area contributed by atoms with Gasteiger partial charge in [-0.3, -0.25) is 0 Å². The van der Waals surface area contributed by atoms with E-state index in [2.05, 4.69) is 71.1 Å². The van der Waals surface area contributed by atoms with Gasteiger partial charge in [0.15, 0.2) is 11.5 Å². The quantitative estimate of drug-likeness (QED) is 0.316. The van der Waals surface area contributed by atoms with Gasteiger partial charge in [-0.25, -0.2) is 0 Å². The maximum Gasteiger partial charge on any atom is 0.231 e. The van der Waals surface area contributed by atoms with Crippen LogP contribution in [0.5, 0.6) is 17.2 Å². The van der Waals surface area contributed by atoms with Crippen LogP contribution in [-0.4, -0.2) is 6.79 Å². The van der Waals surface area contributed by atoms with E-state index >= 15 is 0 Å². The summed E-state index contributed by atoms with van der Waals surface area (Å²) >= 11 is 2.42. The molecule has 138 valence electrons. The third kappa shape index (κ3) is 3.18. The van der Waals surface area contributed by atoms with Crippen LogP contribution in [0.4, 0.5) is 0 Å². The van der Waals surface area contributed by atoms with Gasteiger partial charge in [0, 0.05) is 15.2 Å². The average Bonchev–Trinajstić information content (AvgIpc) is 3.20. The highest BCUT2D eigenvalue weighted by Crippen LogP contribution is 2.44. The van der Waals surface area contributed by atoms with Gasteiger partial charge in [0.05, 0.1) is 0 Å². The zero-order chi connectivity index (χ0) is 18.9. The summed E-state index contributed by atoms with van der Waals surface area (Å²) in [6, 6.07) is 26.8. The van der Waals surface area contributed by atoms with E-state index in [1.807, 2.05) is 30.3 Å². The fraction of sp³-hybridized carbons (Fsp3) is 0.0833. The van der Waals surface area contributed by atoms with Crippen molar-refractivity contribution in [1.82, 2.24) is 0 Å². The zero-order valence-electron chi connectivity index (χ0n) is 15.0. The Hall–Kier alpha value is -2.73. The number of hydrogen-bond acceptors (Lipinski definition) is 3. The van der Waals surface area contributed by atoms with Crippen LogP contribution in [0, 0.1) is 3.57 Å². The number of fused-ring (bicyclic) bond motifs is 2. The highest BCUT2D eigenvalue weighted by atomic mass is 127. The molecule has 1 aliphatic heterocycles. The fourth-order valence-corrected chi connectivity index (χ4v) is 4.39. The maximum atomic E-state index is 6.23. The molecular weight excluding hydrogens is 463 g/mol. The molecule has 0 saturated carbocycles. The van der Waals surface area contributed by atoms with Gasteiger partial charge in [0.25, 0.3) is 0 Å². The second-order valence-corrected chi connectivity index (χ2v) is 7.70. The van der Waals surface area contributed by atoms with E-state index in [4.69, 9.17) is 14.2 Å². The Labute approximate surface area is 177 Å². The van der Waals surface area contributed by atoms with E-state index in [1.165, 1.54) is 14.3 Å². The first-order valence-corrected chi connectivity index (χ1v) is 10.2. The van der Waals surface area contributed by atoms with Gasteiger partial charge >= 0.3 is 0 Å². The molecule has 0 N–H and O–H groups in total. The van der Waals surface area contributed by atoms with Crippen LogP contribution in [0.3, 0.4) is 0 Å². The first kappa shape index (κ1) is 17.4. The molecule has 3 nitrogen and oxygen atoms in total. The second kappa shape index (κ2) is 7.36. The topological polar surface area (TPSA) is 27.7 Å². The second-order valence-electron chi connectivity index (χ2n) is 6.62. The predicted octanol–water partition coefficient (Wildman–Crippen LogP) is 6.42. The molecule has 0 unspecified atom stereocenters. The first-order valence-electron chi connectivity index (χ1n) is 9.07. The lowest BCUT2D eigenvalue weighted by atomic mass is 10.00. The van der Waals surface area contributed by atoms with Crippen LogP contribution in [0.2, 0.25) is 0 Å². The molecule has 0 aliphatic carbocycles. The first-order chi connectivity index (χ1) is 13.8. The van der Waals surface area contributed by atoms with Gasteiger partial charge in [0.2, 0.25) is 6.79 Å². The molecule has 1 heterocycles. The number of benzene rings is 4. The summed E-state index contributed by atoms with van der Waals surface area (Å²) in [6.45, 7) is 0.739. The third-order valence-corrected chi connectivity index (χ3v) is 6.03. The van der Waals surface area contributed by atoms with E-state index in [-0.39, 0.29) is 6.79 Å². The monoisotopic (exact) mass is 480 g/mol. The maximum absolute atomic E-state index is 6.23. The van der Waals surface area contributed by atoms with Crippen molar-refractivity contribution in [2.24, 2.45) is 0 Å². The SMILES string of the molecule is Ic1c(-c2cc3c(cc2OCc2ccccc2)OCO3)ccc2ccccc12. The smallest absolute Gasteiger partial charge is 0.231 e. The molecular formula is C24H17IO3. The van der Waals surface area contributed by atoms with Gasteiger partial charge in [-0.1, -0.05) is 66.7 Å².